The number of ketones is 1. The smallest absolute Gasteiger partial charge is 0.300 e. The SMILES string of the molecule is CC(C)Oc1cccc(/C(O)=C2/C(=O)C(=O)N(c3ccccc3)C2c2ccc(C(C)(C)C)cc2)c1. The highest BCUT2D eigenvalue weighted by molar-refractivity contribution is 6.51. The van der Waals surface area contributed by atoms with Gasteiger partial charge in [-0.3, -0.25) is 14.5 Å². The largest absolute Gasteiger partial charge is 0.507 e. The third kappa shape index (κ3) is 4.85. The molecule has 1 fully saturated rings. The molecule has 1 N–H and O–H groups in total. The molecule has 1 heterocycles. The number of rotatable bonds is 5. The van der Waals surface area contributed by atoms with Crippen LogP contribution in [0.4, 0.5) is 5.69 Å². The van der Waals surface area contributed by atoms with Crippen molar-refractivity contribution in [3.63, 3.8) is 0 Å². The summed E-state index contributed by atoms with van der Waals surface area (Å²) in [5, 5.41) is 11.4. The first-order chi connectivity index (χ1) is 16.6. The fourth-order valence-electron chi connectivity index (χ4n) is 4.31. The van der Waals surface area contributed by atoms with Gasteiger partial charge < -0.3 is 9.84 Å². The summed E-state index contributed by atoms with van der Waals surface area (Å²) in [4.78, 5) is 28.1. The standard InChI is InChI=1S/C30H31NO4/c1-19(2)35-24-13-9-10-21(18-24)27(32)25-26(20-14-16-22(17-15-20)30(3,4)5)31(29(34)28(25)33)23-11-7-6-8-12-23/h6-19,26,32H,1-5H3/b27-25-. The van der Waals surface area contributed by atoms with Crippen LogP contribution in [-0.4, -0.2) is 22.9 Å². The molecule has 0 aliphatic carbocycles. The summed E-state index contributed by atoms with van der Waals surface area (Å²) in [6, 6.07) is 23.1. The summed E-state index contributed by atoms with van der Waals surface area (Å²) in [6.07, 6.45) is -0.0441. The predicted octanol–water partition coefficient (Wildman–Crippen LogP) is 6.40. The number of carbonyl (C=O) groups is 2. The van der Waals surface area contributed by atoms with Crippen LogP contribution >= 0.6 is 0 Å². The van der Waals surface area contributed by atoms with Crippen LogP contribution < -0.4 is 9.64 Å². The molecule has 5 heteroatoms. The molecule has 3 aromatic carbocycles. The number of hydrogen-bond donors (Lipinski definition) is 1. The first kappa shape index (κ1) is 24.3. The van der Waals surface area contributed by atoms with Gasteiger partial charge in [-0.2, -0.15) is 0 Å². The second-order valence-electron chi connectivity index (χ2n) is 10.1. The Hall–Kier alpha value is -3.86. The van der Waals surface area contributed by atoms with Gasteiger partial charge >= 0.3 is 0 Å². The first-order valence-electron chi connectivity index (χ1n) is 11.8. The fourth-order valence-corrected chi connectivity index (χ4v) is 4.31. The quantitative estimate of drug-likeness (QED) is 0.267. The van der Waals surface area contributed by atoms with E-state index in [1.807, 2.05) is 56.3 Å². The van der Waals surface area contributed by atoms with Gasteiger partial charge in [-0.15, -0.1) is 0 Å². The van der Waals surface area contributed by atoms with Crippen LogP contribution in [0, 0.1) is 0 Å². The van der Waals surface area contributed by atoms with E-state index in [-0.39, 0.29) is 22.9 Å². The lowest BCUT2D eigenvalue weighted by Crippen LogP contribution is -2.29. The first-order valence-corrected chi connectivity index (χ1v) is 11.8. The number of para-hydroxylation sites is 1. The van der Waals surface area contributed by atoms with Crippen LogP contribution in [0.2, 0.25) is 0 Å². The summed E-state index contributed by atoms with van der Waals surface area (Å²) < 4.78 is 5.77. The molecule has 0 aromatic heterocycles. The van der Waals surface area contributed by atoms with E-state index in [2.05, 4.69) is 20.8 Å². The molecule has 1 unspecified atom stereocenters. The lowest BCUT2D eigenvalue weighted by Gasteiger charge is -2.26. The number of benzene rings is 3. The molecular formula is C30H31NO4. The molecule has 180 valence electrons. The molecule has 1 aliphatic rings. The van der Waals surface area contributed by atoms with Crippen LogP contribution in [0.3, 0.4) is 0 Å². The highest BCUT2D eigenvalue weighted by atomic mass is 16.5. The summed E-state index contributed by atoms with van der Waals surface area (Å²) in [6.45, 7) is 10.2. The van der Waals surface area contributed by atoms with Gasteiger partial charge in [-0.1, -0.05) is 75.4 Å². The number of ether oxygens (including phenoxy) is 1. The fraction of sp³-hybridized carbons (Fsp3) is 0.267. The molecule has 1 amide bonds. The zero-order chi connectivity index (χ0) is 25.3. The number of anilines is 1. The van der Waals surface area contributed by atoms with Crippen molar-refractivity contribution in [1.82, 2.24) is 0 Å². The minimum atomic E-state index is -0.763. The van der Waals surface area contributed by atoms with Gasteiger partial charge in [0.25, 0.3) is 11.7 Å². The second kappa shape index (κ2) is 9.41. The third-order valence-corrected chi connectivity index (χ3v) is 6.05. The van der Waals surface area contributed by atoms with Crippen LogP contribution in [0.1, 0.15) is 57.4 Å². The van der Waals surface area contributed by atoms with E-state index in [9.17, 15) is 14.7 Å². The maximum Gasteiger partial charge on any atom is 0.300 e. The normalized spacial score (nSPS) is 17.8. The molecule has 0 bridgehead atoms. The summed E-state index contributed by atoms with van der Waals surface area (Å²) in [7, 11) is 0. The summed E-state index contributed by atoms with van der Waals surface area (Å²) in [5.74, 6) is -1.03. The number of Topliss-reactive ketones (excluding diaryl/α,β-unsaturated/α-hetero) is 1. The number of carbonyl (C=O) groups excluding carboxylic acids is 2. The maximum atomic E-state index is 13.3. The van der Waals surface area contributed by atoms with E-state index >= 15 is 0 Å². The molecule has 1 saturated heterocycles. The Kier molecular flexibility index (Phi) is 6.53. The van der Waals surface area contributed by atoms with Gasteiger partial charge in [0.05, 0.1) is 17.7 Å². The number of hydrogen-bond acceptors (Lipinski definition) is 4. The molecule has 0 saturated carbocycles. The van der Waals surface area contributed by atoms with Crippen LogP contribution in [0.5, 0.6) is 5.75 Å². The van der Waals surface area contributed by atoms with E-state index < -0.39 is 17.7 Å². The molecule has 4 rings (SSSR count). The Morgan fingerprint density at radius 3 is 2.17 bits per heavy atom. The van der Waals surface area contributed by atoms with Crippen LogP contribution in [0.25, 0.3) is 5.76 Å². The van der Waals surface area contributed by atoms with Crippen molar-refractivity contribution in [1.29, 1.82) is 0 Å². The van der Waals surface area contributed by atoms with Gasteiger partial charge in [0.15, 0.2) is 0 Å². The summed E-state index contributed by atoms with van der Waals surface area (Å²) >= 11 is 0. The van der Waals surface area contributed by atoms with E-state index in [1.54, 1.807) is 36.4 Å². The van der Waals surface area contributed by atoms with Crippen molar-refractivity contribution in [2.75, 3.05) is 4.90 Å². The van der Waals surface area contributed by atoms with Crippen molar-refractivity contribution in [2.24, 2.45) is 0 Å². The zero-order valence-corrected chi connectivity index (χ0v) is 20.8. The van der Waals surface area contributed by atoms with Gasteiger partial charge in [0.1, 0.15) is 11.5 Å². The highest BCUT2D eigenvalue weighted by Gasteiger charge is 2.47. The lowest BCUT2D eigenvalue weighted by molar-refractivity contribution is -0.132. The van der Waals surface area contributed by atoms with Crippen molar-refractivity contribution in [2.45, 2.75) is 52.2 Å². The molecule has 3 aromatic rings. The topological polar surface area (TPSA) is 66.8 Å². The highest BCUT2D eigenvalue weighted by Crippen LogP contribution is 2.42. The Labute approximate surface area is 206 Å². The van der Waals surface area contributed by atoms with Gasteiger partial charge in [0, 0.05) is 11.3 Å². The molecule has 35 heavy (non-hydrogen) atoms. The van der Waals surface area contributed by atoms with E-state index in [0.717, 1.165) is 11.1 Å². The Morgan fingerprint density at radius 1 is 0.914 bits per heavy atom. The van der Waals surface area contributed by atoms with Gasteiger partial charge in [-0.25, -0.2) is 0 Å². The molecule has 1 atom stereocenters. The Balaban J connectivity index is 1.89. The summed E-state index contributed by atoms with van der Waals surface area (Å²) in [5.41, 5.74) is 2.91. The molecule has 0 radical (unpaired) electrons. The monoisotopic (exact) mass is 469 g/mol. The number of nitrogens with zero attached hydrogens (tertiary/aromatic N) is 1. The second-order valence-corrected chi connectivity index (χ2v) is 10.1. The maximum absolute atomic E-state index is 13.3. The minimum absolute atomic E-state index is 0.0441. The van der Waals surface area contributed by atoms with Crippen LogP contribution in [-0.2, 0) is 15.0 Å². The van der Waals surface area contributed by atoms with Gasteiger partial charge in [0.2, 0.25) is 0 Å². The number of aliphatic hydroxyl groups excluding tert-OH is 1. The van der Waals surface area contributed by atoms with Gasteiger partial charge in [-0.05, 0) is 54.7 Å². The van der Waals surface area contributed by atoms with Crippen molar-refractivity contribution in [3.8, 4) is 5.75 Å². The Morgan fingerprint density at radius 2 is 1.57 bits per heavy atom. The molecule has 0 spiro atoms. The Bertz CT molecular complexity index is 1270. The van der Waals surface area contributed by atoms with E-state index in [0.29, 0.717) is 17.0 Å². The number of amides is 1. The predicted molar refractivity (Wildman–Crippen MR) is 139 cm³/mol. The molecule has 1 aliphatic heterocycles. The molecular weight excluding hydrogens is 438 g/mol. The third-order valence-electron chi connectivity index (χ3n) is 6.05. The average Bonchev–Trinajstić information content (AvgIpc) is 3.09. The molecule has 5 nitrogen and oxygen atoms in total. The van der Waals surface area contributed by atoms with E-state index in [4.69, 9.17) is 4.74 Å². The van der Waals surface area contributed by atoms with E-state index in [1.165, 1.54) is 4.90 Å². The van der Waals surface area contributed by atoms with Crippen molar-refractivity contribution in [3.05, 3.63) is 101 Å². The van der Waals surface area contributed by atoms with Crippen LogP contribution in [0.15, 0.2) is 84.4 Å². The zero-order valence-electron chi connectivity index (χ0n) is 20.8. The average molecular weight is 470 g/mol. The van der Waals surface area contributed by atoms with Crippen molar-refractivity contribution >= 4 is 23.1 Å². The minimum Gasteiger partial charge on any atom is -0.507 e. The lowest BCUT2D eigenvalue weighted by atomic mass is 9.85. The number of aliphatic hydroxyl groups is 1. The van der Waals surface area contributed by atoms with Crippen molar-refractivity contribution < 1.29 is 19.4 Å².